The van der Waals surface area contributed by atoms with Gasteiger partial charge in [-0.2, -0.15) is 0 Å². The zero-order chi connectivity index (χ0) is 24.1. The van der Waals surface area contributed by atoms with E-state index in [1.54, 1.807) is 0 Å². The third kappa shape index (κ3) is 4.18. The smallest absolute Gasteiger partial charge is 0.130 e. The van der Waals surface area contributed by atoms with Crippen LogP contribution in [0.2, 0.25) is 0 Å². The van der Waals surface area contributed by atoms with Crippen molar-refractivity contribution in [2.75, 3.05) is 29.9 Å². The predicted octanol–water partition coefficient (Wildman–Crippen LogP) is 5.67. The highest BCUT2D eigenvalue weighted by Gasteiger charge is 2.24. The van der Waals surface area contributed by atoms with Crippen molar-refractivity contribution in [1.82, 2.24) is 15.3 Å². The summed E-state index contributed by atoms with van der Waals surface area (Å²) in [5.74, 6) is 0.950. The number of fused-ring (bicyclic) bond motifs is 5. The lowest BCUT2D eigenvalue weighted by Crippen LogP contribution is -2.45. The van der Waals surface area contributed by atoms with E-state index in [1.807, 2.05) is 17.4 Å². The number of morpholine rings is 1. The Morgan fingerprint density at radius 2 is 1.91 bits per heavy atom. The van der Waals surface area contributed by atoms with Gasteiger partial charge in [0.15, 0.2) is 0 Å². The molecule has 0 aliphatic carbocycles. The second-order valence-corrected chi connectivity index (χ2v) is 10.9. The van der Waals surface area contributed by atoms with E-state index in [0.29, 0.717) is 6.04 Å². The average molecular weight is 486 g/mol. The van der Waals surface area contributed by atoms with Gasteiger partial charge < -0.3 is 20.3 Å². The van der Waals surface area contributed by atoms with Gasteiger partial charge in [0.1, 0.15) is 5.82 Å². The van der Waals surface area contributed by atoms with Crippen molar-refractivity contribution in [3.8, 4) is 11.3 Å². The summed E-state index contributed by atoms with van der Waals surface area (Å²) in [6.45, 7) is 13.9. The third-order valence-electron chi connectivity index (χ3n) is 6.87. The number of nitrogens with zero attached hydrogens (tertiary/aromatic N) is 3. The third-order valence-corrected chi connectivity index (χ3v) is 8.03. The minimum atomic E-state index is 0.171. The summed E-state index contributed by atoms with van der Waals surface area (Å²) in [6.07, 6.45) is 2.15. The van der Waals surface area contributed by atoms with Gasteiger partial charge in [-0.3, -0.25) is 0 Å². The van der Waals surface area contributed by atoms with Crippen molar-refractivity contribution in [2.24, 2.45) is 0 Å². The molecule has 3 atom stereocenters. The van der Waals surface area contributed by atoms with Crippen LogP contribution in [0.3, 0.4) is 0 Å². The van der Waals surface area contributed by atoms with Crippen LogP contribution < -0.4 is 15.5 Å². The first-order valence-corrected chi connectivity index (χ1v) is 13.2. The van der Waals surface area contributed by atoms with E-state index in [1.165, 1.54) is 26.0 Å². The summed E-state index contributed by atoms with van der Waals surface area (Å²) >= 11 is 1.87. The summed E-state index contributed by atoms with van der Waals surface area (Å²) in [5, 5.41) is 9.76. The Kier molecular flexibility index (Phi) is 5.71. The van der Waals surface area contributed by atoms with Crippen molar-refractivity contribution in [3.05, 3.63) is 53.5 Å². The first-order chi connectivity index (χ1) is 17.0. The van der Waals surface area contributed by atoms with E-state index in [4.69, 9.17) is 14.7 Å². The van der Waals surface area contributed by atoms with Crippen LogP contribution in [0.1, 0.15) is 31.3 Å². The molecule has 6 nitrogen and oxygen atoms in total. The molecule has 3 aromatic heterocycles. The zero-order valence-electron chi connectivity index (χ0n) is 20.5. The first-order valence-electron chi connectivity index (χ1n) is 12.4. The summed E-state index contributed by atoms with van der Waals surface area (Å²) in [6, 6.07) is 13.4. The maximum atomic E-state index is 5.93. The molecule has 1 fully saturated rings. The summed E-state index contributed by atoms with van der Waals surface area (Å²) in [7, 11) is 0. The molecule has 2 aliphatic rings. The van der Waals surface area contributed by atoms with Gasteiger partial charge >= 0.3 is 0 Å². The van der Waals surface area contributed by atoms with Crippen LogP contribution in [-0.4, -0.2) is 47.9 Å². The van der Waals surface area contributed by atoms with Crippen molar-refractivity contribution < 1.29 is 4.74 Å². The lowest BCUT2D eigenvalue weighted by molar-refractivity contribution is -0.00545. The van der Waals surface area contributed by atoms with Gasteiger partial charge in [0.2, 0.25) is 0 Å². The van der Waals surface area contributed by atoms with E-state index in [-0.39, 0.29) is 12.2 Å². The lowest BCUT2D eigenvalue weighted by atomic mass is 10.1. The molecule has 0 bridgehead atoms. The summed E-state index contributed by atoms with van der Waals surface area (Å²) < 4.78 is 7.23. The molecule has 0 radical (unpaired) electrons. The van der Waals surface area contributed by atoms with Crippen LogP contribution in [0.15, 0.2) is 43.0 Å². The minimum Gasteiger partial charge on any atom is -0.382 e. The maximum Gasteiger partial charge on any atom is 0.130 e. The molecular weight excluding hydrogens is 454 g/mol. The Bertz CT molecular complexity index is 1420. The van der Waals surface area contributed by atoms with Crippen molar-refractivity contribution in [2.45, 2.75) is 45.6 Å². The van der Waals surface area contributed by atoms with Gasteiger partial charge in [-0.25, -0.2) is 9.97 Å². The van der Waals surface area contributed by atoms with E-state index in [9.17, 15) is 0 Å². The molecule has 2 unspecified atom stereocenters. The van der Waals surface area contributed by atoms with Crippen LogP contribution in [0.4, 0.5) is 11.5 Å². The van der Waals surface area contributed by atoms with Crippen LogP contribution in [-0.2, 0) is 11.3 Å². The molecule has 5 heterocycles. The fourth-order valence-corrected chi connectivity index (χ4v) is 6.38. The van der Waals surface area contributed by atoms with Gasteiger partial charge in [0, 0.05) is 58.1 Å². The van der Waals surface area contributed by atoms with E-state index in [2.05, 4.69) is 79.3 Å². The normalized spacial score (nSPS) is 22.6. The van der Waals surface area contributed by atoms with Gasteiger partial charge in [-0.05, 0) is 63.2 Å². The fraction of sp³-hybridized carbons (Fsp3) is 0.357. The SMILES string of the molecule is C=Cc1cc(-c2ccc3c(ccc4sc5c(c43)NC[C@@H](C)NC5)n2)cc(N2CC(C)OC(C)C2)n1. The fourth-order valence-electron chi connectivity index (χ4n) is 5.23. The number of hydrogen-bond acceptors (Lipinski definition) is 7. The van der Waals surface area contributed by atoms with E-state index in [0.717, 1.165) is 54.5 Å². The number of ether oxygens (including phenoxy) is 1. The van der Waals surface area contributed by atoms with Crippen molar-refractivity contribution in [3.63, 3.8) is 0 Å². The molecular formula is C28H31N5OS. The van der Waals surface area contributed by atoms with Crippen LogP contribution in [0.25, 0.3) is 38.3 Å². The number of hydrogen-bond donors (Lipinski definition) is 2. The monoisotopic (exact) mass is 485 g/mol. The Balaban J connectivity index is 1.43. The minimum absolute atomic E-state index is 0.171. The molecule has 2 N–H and O–H groups in total. The largest absolute Gasteiger partial charge is 0.382 e. The molecule has 35 heavy (non-hydrogen) atoms. The highest BCUT2D eigenvalue weighted by molar-refractivity contribution is 7.20. The average Bonchev–Trinajstić information content (AvgIpc) is 3.12. The Labute approximate surface area is 210 Å². The van der Waals surface area contributed by atoms with Gasteiger partial charge in [0.05, 0.1) is 34.8 Å². The number of thiophene rings is 1. The number of rotatable bonds is 3. The highest BCUT2D eigenvalue weighted by atomic mass is 32.1. The molecule has 1 aromatic carbocycles. The Morgan fingerprint density at radius 3 is 2.71 bits per heavy atom. The molecule has 7 heteroatoms. The second-order valence-electron chi connectivity index (χ2n) is 9.77. The summed E-state index contributed by atoms with van der Waals surface area (Å²) in [4.78, 5) is 13.6. The number of aromatic nitrogens is 2. The Hall–Kier alpha value is -3.00. The molecule has 2 aliphatic heterocycles. The Morgan fingerprint density at radius 1 is 1.09 bits per heavy atom. The van der Waals surface area contributed by atoms with Crippen molar-refractivity contribution >= 4 is 49.9 Å². The summed E-state index contributed by atoms with van der Waals surface area (Å²) in [5.41, 5.74) is 5.13. The molecule has 180 valence electrons. The van der Waals surface area contributed by atoms with Gasteiger partial charge in [-0.15, -0.1) is 11.3 Å². The van der Waals surface area contributed by atoms with E-state index < -0.39 is 0 Å². The molecule has 4 aromatic rings. The number of benzene rings is 1. The lowest BCUT2D eigenvalue weighted by Gasteiger charge is -2.36. The van der Waals surface area contributed by atoms with E-state index >= 15 is 0 Å². The maximum absolute atomic E-state index is 5.93. The molecule has 6 rings (SSSR count). The zero-order valence-corrected chi connectivity index (χ0v) is 21.3. The molecule has 1 saturated heterocycles. The number of pyridine rings is 2. The number of anilines is 2. The van der Waals surface area contributed by atoms with Gasteiger partial charge in [-0.1, -0.05) is 6.58 Å². The van der Waals surface area contributed by atoms with Crippen LogP contribution in [0.5, 0.6) is 0 Å². The predicted molar refractivity (Wildman–Crippen MR) is 147 cm³/mol. The van der Waals surface area contributed by atoms with Crippen LogP contribution in [0, 0.1) is 0 Å². The van der Waals surface area contributed by atoms with Crippen molar-refractivity contribution in [1.29, 1.82) is 0 Å². The van der Waals surface area contributed by atoms with Gasteiger partial charge in [0.25, 0.3) is 0 Å². The number of nitrogens with one attached hydrogen (secondary N) is 2. The molecule has 0 amide bonds. The second kappa shape index (κ2) is 8.90. The quantitative estimate of drug-likeness (QED) is 0.390. The highest BCUT2D eigenvalue weighted by Crippen LogP contribution is 2.41. The van der Waals surface area contributed by atoms with Crippen LogP contribution >= 0.6 is 11.3 Å². The standard InChI is InChI=1S/C28H31N5OS/c1-5-20-10-19(11-26(31-20)33-14-17(3)34-18(4)15-33)22-7-6-21-23(32-22)8-9-24-27(21)28-25(35-24)13-29-16(2)12-30-28/h5-11,16-18,29-30H,1,12-15H2,2-4H3/t16-,17?,18?/m1/s1. The first kappa shape index (κ1) is 22.5. The molecule has 0 saturated carbocycles. The molecule has 0 spiro atoms. The topological polar surface area (TPSA) is 62.3 Å².